The van der Waals surface area contributed by atoms with Gasteiger partial charge in [-0.15, -0.1) is 0 Å². The number of alkyl halides is 1. The molecule has 0 aliphatic carbocycles. The number of likely N-dealkylation sites (N-methyl/N-ethyl adjacent to an activating group) is 1. The highest BCUT2D eigenvalue weighted by Gasteiger charge is 2.29. The van der Waals surface area contributed by atoms with Crippen LogP contribution in [-0.2, 0) is 0 Å². The number of nitrogens with zero attached hydrogens (tertiary/aromatic N) is 1. The summed E-state index contributed by atoms with van der Waals surface area (Å²) >= 11 is 0. The molecule has 0 bridgehead atoms. The van der Waals surface area contributed by atoms with Crippen LogP contribution in [0.15, 0.2) is 0 Å². The highest BCUT2D eigenvalue weighted by molar-refractivity contribution is 4.88. The molecule has 0 aromatic carbocycles. The van der Waals surface area contributed by atoms with Crippen LogP contribution in [0.3, 0.4) is 0 Å². The Morgan fingerprint density at radius 2 is 2.08 bits per heavy atom. The molecule has 13 heavy (non-hydrogen) atoms. The van der Waals surface area contributed by atoms with Gasteiger partial charge in [-0.25, -0.2) is 4.39 Å². The first-order chi connectivity index (χ1) is 5.91. The van der Waals surface area contributed by atoms with E-state index >= 15 is 0 Å². The average Bonchev–Trinajstić information content (AvgIpc) is 2.34. The van der Waals surface area contributed by atoms with Crippen molar-refractivity contribution in [3.63, 3.8) is 0 Å². The summed E-state index contributed by atoms with van der Waals surface area (Å²) in [4.78, 5) is 2.20. The van der Waals surface area contributed by atoms with Crippen molar-refractivity contribution in [2.75, 3.05) is 20.1 Å². The summed E-state index contributed by atoms with van der Waals surface area (Å²) in [7, 11) is 2.05. The third kappa shape index (κ3) is 2.92. The van der Waals surface area contributed by atoms with Crippen molar-refractivity contribution in [2.45, 2.75) is 44.9 Å². The van der Waals surface area contributed by atoms with Crippen molar-refractivity contribution in [3.8, 4) is 0 Å². The van der Waals surface area contributed by atoms with Gasteiger partial charge in [0.05, 0.1) is 6.04 Å². The fourth-order valence-electron chi connectivity index (χ4n) is 1.48. The van der Waals surface area contributed by atoms with E-state index in [-0.39, 0.29) is 11.6 Å². The van der Waals surface area contributed by atoms with Crippen LogP contribution in [0.4, 0.5) is 4.39 Å². The zero-order valence-corrected chi connectivity index (χ0v) is 9.10. The molecule has 2 unspecified atom stereocenters. The molecule has 0 amide bonds. The van der Waals surface area contributed by atoms with Gasteiger partial charge in [0.2, 0.25) is 0 Å². The van der Waals surface area contributed by atoms with E-state index in [0.717, 1.165) is 13.1 Å². The van der Waals surface area contributed by atoms with Crippen LogP contribution in [0.1, 0.15) is 27.2 Å². The monoisotopic (exact) mass is 188 g/mol. The summed E-state index contributed by atoms with van der Waals surface area (Å²) in [5, 5.41) is 3.19. The topological polar surface area (TPSA) is 15.3 Å². The quantitative estimate of drug-likeness (QED) is 0.705. The molecule has 1 N–H and O–H groups in total. The molecule has 0 spiro atoms. The summed E-state index contributed by atoms with van der Waals surface area (Å²) in [5.41, 5.74) is 0.129. The number of halogens is 1. The predicted octanol–water partition coefficient (Wildman–Crippen LogP) is 1.42. The van der Waals surface area contributed by atoms with E-state index in [1.54, 1.807) is 0 Å². The Bertz CT molecular complexity index is 165. The maximum Gasteiger partial charge on any atom is 0.118 e. The Morgan fingerprint density at radius 1 is 1.46 bits per heavy atom. The minimum atomic E-state index is -0.662. The lowest BCUT2D eigenvalue weighted by molar-refractivity contribution is 0.141. The number of nitrogens with one attached hydrogen (secondary N) is 1. The van der Waals surface area contributed by atoms with E-state index in [4.69, 9.17) is 0 Å². The van der Waals surface area contributed by atoms with Crippen molar-refractivity contribution >= 4 is 0 Å². The van der Waals surface area contributed by atoms with Crippen molar-refractivity contribution < 1.29 is 4.39 Å². The first-order valence-electron chi connectivity index (χ1n) is 5.00. The van der Waals surface area contributed by atoms with Crippen LogP contribution in [0.2, 0.25) is 0 Å². The summed E-state index contributed by atoms with van der Waals surface area (Å²) in [5.74, 6) is 0. The van der Waals surface area contributed by atoms with E-state index in [9.17, 15) is 4.39 Å². The lowest BCUT2D eigenvalue weighted by Crippen LogP contribution is -2.47. The second-order valence-corrected chi connectivity index (χ2v) is 4.92. The van der Waals surface area contributed by atoms with Crippen LogP contribution in [0.25, 0.3) is 0 Å². The molecular formula is C10H21FN2. The molecule has 78 valence electrons. The van der Waals surface area contributed by atoms with Crippen molar-refractivity contribution in [1.29, 1.82) is 0 Å². The first kappa shape index (κ1) is 10.9. The second-order valence-electron chi connectivity index (χ2n) is 4.92. The summed E-state index contributed by atoms with van der Waals surface area (Å²) < 4.78 is 13.2. The van der Waals surface area contributed by atoms with Gasteiger partial charge in [0.1, 0.15) is 6.17 Å². The third-order valence-corrected chi connectivity index (χ3v) is 2.88. The Kier molecular flexibility index (Phi) is 3.30. The molecular weight excluding hydrogens is 167 g/mol. The van der Waals surface area contributed by atoms with Gasteiger partial charge in [-0.1, -0.05) is 0 Å². The summed E-state index contributed by atoms with van der Waals surface area (Å²) in [6.45, 7) is 8.06. The molecule has 0 aromatic heterocycles. The third-order valence-electron chi connectivity index (χ3n) is 2.88. The fraction of sp³-hybridized carbons (Fsp3) is 1.00. The Labute approximate surface area is 80.5 Å². The van der Waals surface area contributed by atoms with Gasteiger partial charge in [0.25, 0.3) is 0 Å². The van der Waals surface area contributed by atoms with Gasteiger partial charge in [-0.3, -0.25) is 4.90 Å². The van der Waals surface area contributed by atoms with Gasteiger partial charge < -0.3 is 5.32 Å². The van der Waals surface area contributed by atoms with Crippen LogP contribution < -0.4 is 5.32 Å². The number of hydrogen-bond acceptors (Lipinski definition) is 2. The van der Waals surface area contributed by atoms with Gasteiger partial charge in [-0.05, 0) is 40.8 Å². The summed E-state index contributed by atoms with van der Waals surface area (Å²) in [6, 6.07) is 0.0317. The molecule has 1 saturated heterocycles. The predicted molar refractivity (Wildman–Crippen MR) is 53.7 cm³/mol. The highest BCUT2D eigenvalue weighted by Crippen LogP contribution is 2.16. The molecule has 1 heterocycles. The standard InChI is InChI=1S/C10H21FN2/c1-10(2,3)13(4)7-9-8(11)5-6-12-9/h8-9,12H,5-7H2,1-4H3. The second kappa shape index (κ2) is 3.93. The van der Waals surface area contributed by atoms with Gasteiger partial charge in [0, 0.05) is 12.1 Å². The molecule has 3 heteroatoms. The summed E-state index contributed by atoms with van der Waals surface area (Å²) in [6.07, 6.45) is 0.00707. The molecule has 0 radical (unpaired) electrons. The van der Waals surface area contributed by atoms with Gasteiger partial charge in [-0.2, -0.15) is 0 Å². The average molecular weight is 188 g/mol. The van der Waals surface area contributed by atoms with E-state index in [0.29, 0.717) is 6.42 Å². The van der Waals surface area contributed by atoms with Crippen LogP contribution in [0, 0.1) is 0 Å². The minimum Gasteiger partial charge on any atom is -0.310 e. The first-order valence-corrected chi connectivity index (χ1v) is 5.00. The molecule has 1 aliphatic heterocycles. The molecule has 1 aliphatic rings. The molecule has 2 atom stereocenters. The van der Waals surface area contributed by atoms with Gasteiger partial charge >= 0.3 is 0 Å². The van der Waals surface area contributed by atoms with Crippen LogP contribution in [0.5, 0.6) is 0 Å². The largest absolute Gasteiger partial charge is 0.310 e. The maximum absolute atomic E-state index is 13.2. The molecule has 0 saturated carbocycles. The highest BCUT2D eigenvalue weighted by atomic mass is 19.1. The maximum atomic E-state index is 13.2. The van der Waals surface area contributed by atoms with Crippen molar-refractivity contribution in [1.82, 2.24) is 10.2 Å². The fourth-order valence-corrected chi connectivity index (χ4v) is 1.48. The Balaban J connectivity index is 2.40. The zero-order valence-electron chi connectivity index (χ0n) is 9.10. The smallest absolute Gasteiger partial charge is 0.118 e. The molecule has 1 rings (SSSR count). The number of hydrogen-bond donors (Lipinski definition) is 1. The van der Waals surface area contributed by atoms with Crippen LogP contribution in [-0.4, -0.2) is 42.8 Å². The van der Waals surface area contributed by atoms with E-state index in [1.807, 2.05) is 7.05 Å². The van der Waals surface area contributed by atoms with Crippen molar-refractivity contribution in [3.05, 3.63) is 0 Å². The Morgan fingerprint density at radius 3 is 2.46 bits per heavy atom. The minimum absolute atomic E-state index is 0.0317. The van der Waals surface area contributed by atoms with Crippen LogP contribution >= 0.6 is 0 Å². The van der Waals surface area contributed by atoms with Gasteiger partial charge in [0.15, 0.2) is 0 Å². The SMILES string of the molecule is CN(CC1NCCC1F)C(C)(C)C. The lowest BCUT2D eigenvalue weighted by Gasteiger charge is -2.34. The lowest BCUT2D eigenvalue weighted by atomic mass is 10.1. The number of rotatable bonds is 2. The van der Waals surface area contributed by atoms with Crippen molar-refractivity contribution in [2.24, 2.45) is 0 Å². The normalized spacial score (nSPS) is 30.0. The molecule has 2 nitrogen and oxygen atoms in total. The Hall–Kier alpha value is -0.150. The van der Waals surface area contributed by atoms with E-state index in [2.05, 4.69) is 31.0 Å². The molecule has 0 aromatic rings. The van der Waals surface area contributed by atoms with E-state index < -0.39 is 6.17 Å². The zero-order chi connectivity index (χ0) is 10.1. The molecule has 1 fully saturated rings. The van der Waals surface area contributed by atoms with E-state index in [1.165, 1.54) is 0 Å².